The molecule has 1 aromatic rings. The number of hydrogen-bond acceptors (Lipinski definition) is 3. The molecular formula is C19H26N2O4. The van der Waals surface area contributed by atoms with Gasteiger partial charge in [0.25, 0.3) is 0 Å². The number of benzene rings is 1. The summed E-state index contributed by atoms with van der Waals surface area (Å²) in [5.74, 6) is -0.765. The first kappa shape index (κ1) is 17.7. The minimum atomic E-state index is -0.957. The number of carboxylic acids is 1. The van der Waals surface area contributed by atoms with E-state index in [0.29, 0.717) is 6.54 Å². The van der Waals surface area contributed by atoms with E-state index in [-0.39, 0.29) is 29.7 Å². The van der Waals surface area contributed by atoms with Gasteiger partial charge in [-0.2, -0.15) is 0 Å². The quantitative estimate of drug-likeness (QED) is 0.782. The summed E-state index contributed by atoms with van der Waals surface area (Å²) in [4.78, 5) is 25.3. The van der Waals surface area contributed by atoms with Crippen LogP contribution in [0.4, 0.5) is 4.79 Å². The number of carbonyl (C=O) groups is 2. The van der Waals surface area contributed by atoms with Gasteiger partial charge in [0, 0.05) is 25.0 Å². The number of nitrogens with one attached hydrogen (secondary N) is 1. The van der Waals surface area contributed by atoms with Gasteiger partial charge in [-0.05, 0) is 43.4 Å². The fourth-order valence-electron chi connectivity index (χ4n) is 4.12. The van der Waals surface area contributed by atoms with E-state index < -0.39 is 5.97 Å². The monoisotopic (exact) mass is 346 g/mol. The zero-order valence-corrected chi connectivity index (χ0v) is 14.4. The molecule has 1 aliphatic heterocycles. The summed E-state index contributed by atoms with van der Waals surface area (Å²) >= 11 is 0. The molecular weight excluding hydrogens is 320 g/mol. The number of likely N-dealkylation sites (tertiary alicyclic amines) is 1. The van der Waals surface area contributed by atoms with Crippen LogP contribution in [-0.2, 0) is 6.54 Å². The van der Waals surface area contributed by atoms with Gasteiger partial charge < -0.3 is 20.4 Å². The van der Waals surface area contributed by atoms with Crippen molar-refractivity contribution in [3.05, 3.63) is 35.4 Å². The standard InChI is InChI=1S/C19H26N2O4/c22-17-6-2-1-4-15(17)16-5-3-11-21(16)19(25)20-12-13-7-9-14(10-8-13)18(23)24/h7-10,15-17,22H,1-6,11-12H2,(H,20,25)(H,23,24). The van der Waals surface area contributed by atoms with Gasteiger partial charge in [-0.1, -0.05) is 25.0 Å². The maximum Gasteiger partial charge on any atom is 0.335 e. The van der Waals surface area contributed by atoms with Gasteiger partial charge in [0.05, 0.1) is 11.7 Å². The second-order valence-corrected chi connectivity index (χ2v) is 7.08. The summed E-state index contributed by atoms with van der Waals surface area (Å²) in [7, 11) is 0. The molecule has 1 saturated carbocycles. The molecule has 25 heavy (non-hydrogen) atoms. The summed E-state index contributed by atoms with van der Waals surface area (Å²) < 4.78 is 0. The van der Waals surface area contributed by atoms with E-state index in [4.69, 9.17) is 5.11 Å². The number of carboxylic acid groups (broad SMARTS) is 1. The average Bonchev–Trinajstić information content (AvgIpc) is 3.10. The van der Waals surface area contributed by atoms with E-state index in [0.717, 1.165) is 50.6 Å². The maximum atomic E-state index is 12.6. The summed E-state index contributed by atoms with van der Waals surface area (Å²) in [5, 5.41) is 22.1. The predicted molar refractivity (Wildman–Crippen MR) is 93.3 cm³/mol. The third kappa shape index (κ3) is 4.12. The van der Waals surface area contributed by atoms with Crippen molar-refractivity contribution in [1.29, 1.82) is 0 Å². The predicted octanol–water partition coefficient (Wildman–Crippen LogP) is 2.61. The second-order valence-electron chi connectivity index (χ2n) is 7.08. The first-order valence-electron chi connectivity index (χ1n) is 9.11. The minimum Gasteiger partial charge on any atom is -0.478 e. The van der Waals surface area contributed by atoms with Gasteiger partial charge in [0.2, 0.25) is 0 Å². The number of nitrogens with zero attached hydrogens (tertiary/aromatic N) is 1. The van der Waals surface area contributed by atoms with Crippen molar-refractivity contribution in [2.45, 2.75) is 57.2 Å². The molecule has 1 heterocycles. The zero-order valence-electron chi connectivity index (χ0n) is 14.4. The highest BCUT2D eigenvalue weighted by Gasteiger charge is 2.38. The highest BCUT2D eigenvalue weighted by molar-refractivity contribution is 5.87. The Morgan fingerprint density at radius 1 is 1.08 bits per heavy atom. The van der Waals surface area contributed by atoms with E-state index in [2.05, 4.69) is 5.32 Å². The molecule has 0 aromatic heterocycles. The number of carbonyl (C=O) groups excluding carboxylic acids is 1. The highest BCUT2D eigenvalue weighted by Crippen LogP contribution is 2.34. The Morgan fingerprint density at radius 3 is 2.48 bits per heavy atom. The molecule has 136 valence electrons. The number of urea groups is 1. The van der Waals surface area contributed by atoms with Crippen molar-refractivity contribution in [3.63, 3.8) is 0 Å². The highest BCUT2D eigenvalue weighted by atomic mass is 16.4. The molecule has 2 amide bonds. The van der Waals surface area contributed by atoms with E-state index in [1.807, 2.05) is 4.90 Å². The molecule has 6 heteroatoms. The van der Waals surface area contributed by atoms with Crippen molar-refractivity contribution >= 4 is 12.0 Å². The van der Waals surface area contributed by atoms with Gasteiger partial charge in [-0.25, -0.2) is 9.59 Å². The normalized spacial score (nSPS) is 26.4. The minimum absolute atomic E-state index is 0.0948. The van der Waals surface area contributed by atoms with Crippen molar-refractivity contribution in [2.24, 2.45) is 5.92 Å². The van der Waals surface area contributed by atoms with Crippen LogP contribution in [0.25, 0.3) is 0 Å². The Labute approximate surface area is 147 Å². The van der Waals surface area contributed by atoms with Gasteiger partial charge in [0.1, 0.15) is 0 Å². The fourth-order valence-corrected chi connectivity index (χ4v) is 4.12. The van der Waals surface area contributed by atoms with Gasteiger partial charge in [-0.15, -0.1) is 0 Å². The maximum absolute atomic E-state index is 12.6. The Bertz CT molecular complexity index is 616. The number of aliphatic hydroxyl groups excluding tert-OH is 1. The molecule has 1 saturated heterocycles. The summed E-state index contributed by atoms with van der Waals surface area (Å²) in [6, 6.07) is 6.56. The van der Waals surface area contributed by atoms with Crippen LogP contribution in [0.5, 0.6) is 0 Å². The lowest BCUT2D eigenvalue weighted by Crippen LogP contribution is -2.48. The number of rotatable bonds is 4. The van der Waals surface area contributed by atoms with Gasteiger partial charge in [-0.3, -0.25) is 0 Å². The van der Waals surface area contributed by atoms with Crippen LogP contribution < -0.4 is 5.32 Å². The Morgan fingerprint density at radius 2 is 1.80 bits per heavy atom. The average molecular weight is 346 g/mol. The zero-order chi connectivity index (χ0) is 17.8. The molecule has 1 aliphatic carbocycles. The SMILES string of the molecule is O=C(O)c1ccc(CNC(=O)N2CCCC2C2CCCCC2O)cc1. The summed E-state index contributed by atoms with van der Waals surface area (Å²) in [5.41, 5.74) is 1.10. The summed E-state index contributed by atoms with van der Waals surface area (Å²) in [6.45, 7) is 1.10. The third-order valence-corrected chi connectivity index (χ3v) is 5.48. The lowest BCUT2D eigenvalue weighted by molar-refractivity contribution is 0.0306. The van der Waals surface area contributed by atoms with E-state index >= 15 is 0 Å². The smallest absolute Gasteiger partial charge is 0.335 e. The van der Waals surface area contributed by atoms with Crippen LogP contribution in [0, 0.1) is 5.92 Å². The van der Waals surface area contributed by atoms with E-state index in [1.165, 1.54) is 0 Å². The fraction of sp³-hybridized carbons (Fsp3) is 0.579. The Hall–Kier alpha value is -2.08. The first-order valence-corrected chi connectivity index (χ1v) is 9.11. The van der Waals surface area contributed by atoms with Crippen LogP contribution in [0.15, 0.2) is 24.3 Å². The number of amides is 2. The van der Waals surface area contributed by atoms with Crippen LogP contribution >= 0.6 is 0 Å². The molecule has 3 atom stereocenters. The Kier molecular flexibility index (Phi) is 5.58. The molecule has 3 N–H and O–H groups in total. The lowest BCUT2D eigenvalue weighted by atomic mass is 9.80. The second kappa shape index (κ2) is 7.87. The first-order chi connectivity index (χ1) is 12.1. The van der Waals surface area contributed by atoms with Crippen molar-refractivity contribution < 1.29 is 19.8 Å². The molecule has 1 aromatic carbocycles. The lowest BCUT2D eigenvalue weighted by Gasteiger charge is -2.37. The van der Waals surface area contributed by atoms with Crippen molar-refractivity contribution in [1.82, 2.24) is 10.2 Å². The molecule has 3 rings (SSSR count). The molecule has 0 spiro atoms. The molecule has 2 fully saturated rings. The molecule has 3 unspecified atom stereocenters. The summed E-state index contributed by atoms with van der Waals surface area (Å²) in [6.07, 6.45) is 5.68. The van der Waals surface area contributed by atoms with Crippen LogP contribution in [0.3, 0.4) is 0 Å². The largest absolute Gasteiger partial charge is 0.478 e. The van der Waals surface area contributed by atoms with Crippen molar-refractivity contribution in [3.8, 4) is 0 Å². The van der Waals surface area contributed by atoms with Crippen LogP contribution in [-0.4, -0.2) is 45.8 Å². The van der Waals surface area contributed by atoms with E-state index in [9.17, 15) is 14.7 Å². The molecule has 0 bridgehead atoms. The molecule has 6 nitrogen and oxygen atoms in total. The Balaban J connectivity index is 1.57. The topological polar surface area (TPSA) is 89.9 Å². The van der Waals surface area contributed by atoms with Crippen LogP contribution in [0.2, 0.25) is 0 Å². The molecule has 2 aliphatic rings. The van der Waals surface area contributed by atoms with Gasteiger partial charge >= 0.3 is 12.0 Å². The third-order valence-electron chi connectivity index (χ3n) is 5.48. The van der Waals surface area contributed by atoms with Gasteiger partial charge in [0.15, 0.2) is 0 Å². The molecule has 0 radical (unpaired) electrons. The van der Waals surface area contributed by atoms with Crippen LogP contribution in [0.1, 0.15) is 54.4 Å². The number of hydrogen-bond donors (Lipinski definition) is 3. The number of aromatic carboxylic acids is 1. The van der Waals surface area contributed by atoms with E-state index in [1.54, 1.807) is 24.3 Å². The number of aliphatic hydroxyl groups is 1. The van der Waals surface area contributed by atoms with Crippen molar-refractivity contribution in [2.75, 3.05) is 6.54 Å².